The molecule has 3 aromatic rings. The van der Waals surface area contributed by atoms with Gasteiger partial charge in [-0.15, -0.1) is 17.0 Å². The minimum Gasteiger partial charge on any atom is -0.310 e. The number of nitrogens with zero attached hydrogens (tertiary/aromatic N) is 2. The average Bonchev–Trinajstić information content (AvgIpc) is 2.83. The molecule has 0 saturated carbocycles. The van der Waals surface area contributed by atoms with Gasteiger partial charge in [0.2, 0.25) is 5.62 Å². The van der Waals surface area contributed by atoms with Gasteiger partial charge in [0.15, 0.2) is 0 Å². The van der Waals surface area contributed by atoms with E-state index in [4.69, 9.17) is 5.41 Å². The highest BCUT2D eigenvalue weighted by atomic mass is 79.9. The number of rotatable bonds is 6. The summed E-state index contributed by atoms with van der Waals surface area (Å²) in [6.45, 7) is 3.83. The summed E-state index contributed by atoms with van der Waals surface area (Å²) in [5.74, 6) is 0. The van der Waals surface area contributed by atoms with Crippen molar-refractivity contribution in [3.63, 3.8) is 0 Å². The number of halogens is 2. The molecule has 0 unspecified atom stereocenters. The molecular weight excluding hydrogens is 430 g/mol. The van der Waals surface area contributed by atoms with Gasteiger partial charge in [-0.25, -0.2) is 0 Å². The Kier molecular flexibility index (Phi) is 6.87. The summed E-state index contributed by atoms with van der Waals surface area (Å²) >= 11 is 3.62. The molecule has 3 rings (SSSR count). The zero-order valence-corrected chi connectivity index (χ0v) is 17.1. The second-order valence-electron chi connectivity index (χ2n) is 5.85. The highest BCUT2D eigenvalue weighted by Crippen LogP contribution is 2.20. The van der Waals surface area contributed by atoms with Crippen molar-refractivity contribution in [2.45, 2.75) is 39.3 Å². The highest BCUT2D eigenvalue weighted by molar-refractivity contribution is 9.10. The van der Waals surface area contributed by atoms with Crippen molar-refractivity contribution in [1.82, 2.24) is 9.13 Å². The van der Waals surface area contributed by atoms with Crippen molar-refractivity contribution >= 4 is 43.9 Å². The van der Waals surface area contributed by atoms with Crippen LogP contribution in [0.5, 0.6) is 0 Å². The van der Waals surface area contributed by atoms with Crippen molar-refractivity contribution in [1.29, 1.82) is 5.41 Å². The van der Waals surface area contributed by atoms with E-state index in [1.165, 1.54) is 18.4 Å². The molecule has 0 spiro atoms. The molecular formula is C19H23Br2N3. The molecule has 0 aliphatic rings. The van der Waals surface area contributed by atoms with Crippen LogP contribution in [0.25, 0.3) is 11.0 Å². The van der Waals surface area contributed by atoms with Crippen LogP contribution >= 0.6 is 32.9 Å². The first-order chi connectivity index (χ1) is 11.2. The molecule has 3 nitrogen and oxygen atoms in total. The van der Waals surface area contributed by atoms with Crippen molar-refractivity contribution in [3.8, 4) is 0 Å². The van der Waals surface area contributed by atoms with E-state index in [0.717, 1.165) is 28.5 Å². The Morgan fingerprint density at radius 1 is 0.917 bits per heavy atom. The van der Waals surface area contributed by atoms with Gasteiger partial charge in [-0.3, -0.25) is 5.41 Å². The fourth-order valence-electron chi connectivity index (χ4n) is 3.00. The SMILES string of the molecule is Br.CCCCCn1c(=N)n(Cc2ccccc2Br)c2ccccc21. The lowest BCUT2D eigenvalue weighted by Gasteiger charge is -2.07. The molecule has 0 aliphatic heterocycles. The predicted octanol–water partition coefficient (Wildman–Crippen LogP) is 5.50. The molecule has 1 heterocycles. The van der Waals surface area contributed by atoms with Crippen LogP contribution in [0.2, 0.25) is 0 Å². The Balaban J connectivity index is 0.00000208. The predicted molar refractivity (Wildman–Crippen MR) is 109 cm³/mol. The molecule has 0 bridgehead atoms. The Bertz CT molecular complexity index is 864. The van der Waals surface area contributed by atoms with Gasteiger partial charge in [-0.1, -0.05) is 66.0 Å². The average molecular weight is 453 g/mol. The van der Waals surface area contributed by atoms with E-state index in [9.17, 15) is 0 Å². The Hall–Kier alpha value is -1.33. The third-order valence-corrected chi connectivity index (χ3v) is 5.02. The lowest BCUT2D eigenvalue weighted by atomic mass is 10.2. The van der Waals surface area contributed by atoms with E-state index in [2.05, 4.69) is 68.4 Å². The fourth-order valence-corrected chi connectivity index (χ4v) is 3.41. The number of hydrogen-bond acceptors (Lipinski definition) is 1. The van der Waals surface area contributed by atoms with Crippen LogP contribution in [0.15, 0.2) is 53.0 Å². The minimum atomic E-state index is 0. The molecule has 128 valence electrons. The monoisotopic (exact) mass is 451 g/mol. The Labute approximate surface area is 161 Å². The van der Waals surface area contributed by atoms with Gasteiger partial charge in [0.05, 0.1) is 17.6 Å². The van der Waals surface area contributed by atoms with Gasteiger partial charge >= 0.3 is 0 Å². The van der Waals surface area contributed by atoms with Crippen molar-refractivity contribution < 1.29 is 0 Å². The molecule has 0 aliphatic carbocycles. The molecule has 0 fully saturated rings. The molecule has 1 aromatic heterocycles. The first-order valence-electron chi connectivity index (χ1n) is 8.18. The zero-order chi connectivity index (χ0) is 16.2. The lowest BCUT2D eigenvalue weighted by molar-refractivity contribution is 0.569. The normalized spacial score (nSPS) is 10.8. The second-order valence-corrected chi connectivity index (χ2v) is 6.70. The fraction of sp³-hybridized carbons (Fsp3) is 0.316. The Morgan fingerprint density at radius 3 is 2.21 bits per heavy atom. The first kappa shape index (κ1) is 19.0. The van der Waals surface area contributed by atoms with Gasteiger partial charge in [-0.05, 0) is 30.2 Å². The summed E-state index contributed by atoms with van der Waals surface area (Å²) in [4.78, 5) is 0. The molecule has 24 heavy (non-hydrogen) atoms. The maximum Gasteiger partial charge on any atom is 0.203 e. The zero-order valence-electron chi connectivity index (χ0n) is 13.8. The summed E-state index contributed by atoms with van der Waals surface area (Å²) in [7, 11) is 0. The molecule has 0 amide bonds. The number of unbranched alkanes of at least 4 members (excludes halogenated alkanes) is 2. The van der Waals surface area contributed by atoms with E-state index in [0.29, 0.717) is 12.2 Å². The van der Waals surface area contributed by atoms with Gasteiger partial charge in [0.25, 0.3) is 0 Å². The van der Waals surface area contributed by atoms with Gasteiger partial charge < -0.3 is 9.13 Å². The minimum absolute atomic E-state index is 0. The summed E-state index contributed by atoms with van der Waals surface area (Å²) in [6.07, 6.45) is 3.52. The number of hydrogen-bond donors (Lipinski definition) is 1. The number of fused-ring (bicyclic) bond motifs is 1. The van der Waals surface area contributed by atoms with Gasteiger partial charge in [0.1, 0.15) is 0 Å². The lowest BCUT2D eigenvalue weighted by Crippen LogP contribution is -2.25. The number of para-hydroxylation sites is 2. The van der Waals surface area contributed by atoms with Gasteiger partial charge in [0, 0.05) is 11.0 Å². The van der Waals surface area contributed by atoms with Crippen LogP contribution < -0.4 is 5.62 Å². The summed E-state index contributed by atoms with van der Waals surface area (Å²) in [5, 5.41) is 8.64. The Morgan fingerprint density at radius 2 is 1.54 bits per heavy atom. The number of nitrogens with one attached hydrogen (secondary N) is 1. The van der Waals surface area contributed by atoms with Crippen LogP contribution in [0.1, 0.15) is 31.7 Å². The standard InChI is InChI=1S/C19H22BrN3.BrH/c1-2-3-8-13-22-17-11-6-7-12-18(17)23(19(22)21)14-15-9-4-5-10-16(15)20;/h4-7,9-12,21H,2-3,8,13-14H2,1H3;1H. The van der Waals surface area contributed by atoms with Crippen LogP contribution in [-0.4, -0.2) is 9.13 Å². The molecule has 0 saturated heterocycles. The van der Waals surface area contributed by atoms with Crippen molar-refractivity contribution in [2.24, 2.45) is 0 Å². The number of aryl methyl sites for hydroxylation is 1. The van der Waals surface area contributed by atoms with E-state index in [1.54, 1.807) is 0 Å². The van der Waals surface area contributed by atoms with Crippen LogP contribution in [0, 0.1) is 5.41 Å². The second kappa shape index (κ2) is 8.67. The third kappa shape index (κ3) is 3.83. The highest BCUT2D eigenvalue weighted by Gasteiger charge is 2.11. The van der Waals surface area contributed by atoms with Crippen LogP contribution in [0.4, 0.5) is 0 Å². The topological polar surface area (TPSA) is 33.7 Å². The van der Waals surface area contributed by atoms with Crippen LogP contribution in [0.3, 0.4) is 0 Å². The van der Waals surface area contributed by atoms with E-state index >= 15 is 0 Å². The van der Waals surface area contributed by atoms with E-state index in [-0.39, 0.29) is 17.0 Å². The van der Waals surface area contributed by atoms with E-state index < -0.39 is 0 Å². The summed E-state index contributed by atoms with van der Waals surface area (Å²) in [6, 6.07) is 16.6. The third-order valence-electron chi connectivity index (χ3n) is 4.25. The maximum absolute atomic E-state index is 8.64. The largest absolute Gasteiger partial charge is 0.310 e. The van der Waals surface area contributed by atoms with Crippen molar-refractivity contribution in [3.05, 3.63) is 64.2 Å². The van der Waals surface area contributed by atoms with E-state index in [1.807, 2.05) is 12.1 Å². The number of imidazole rings is 1. The number of benzene rings is 2. The maximum atomic E-state index is 8.64. The summed E-state index contributed by atoms with van der Waals surface area (Å²) < 4.78 is 5.33. The molecule has 0 radical (unpaired) electrons. The summed E-state index contributed by atoms with van der Waals surface area (Å²) in [5.41, 5.74) is 4.06. The quantitative estimate of drug-likeness (QED) is 0.479. The molecule has 5 heteroatoms. The molecule has 1 N–H and O–H groups in total. The van der Waals surface area contributed by atoms with Crippen LogP contribution in [-0.2, 0) is 13.1 Å². The molecule has 2 aromatic carbocycles. The smallest absolute Gasteiger partial charge is 0.203 e. The first-order valence-corrected chi connectivity index (χ1v) is 8.97. The number of aromatic nitrogens is 2. The van der Waals surface area contributed by atoms with Gasteiger partial charge in [-0.2, -0.15) is 0 Å². The van der Waals surface area contributed by atoms with Crippen molar-refractivity contribution in [2.75, 3.05) is 0 Å². The molecule has 0 atom stereocenters.